The molecule has 1 atom stereocenters. The lowest BCUT2D eigenvalue weighted by atomic mass is 9.96. The third-order valence-electron chi connectivity index (χ3n) is 5.88. The molecule has 0 amide bonds. The van der Waals surface area contributed by atoms with Gasteiger partial charge in [-0.15, -0.1) is 0 Å². The molecular weight excluding hydrogens is 306 g/mol. The van der Waals surface area contributed by atoms with E-state index in [0.29, 0.717) is 0 Å². The molecule has 1 saturated carbocycles. The Kier molecular flexibility index (Phi) is 6.12. The lowest BCUT2D eigenvalue weighted by Gasteiger charge is -2.37. The number of nitrogens with one attached hydrogen (secondary N) is 1. The Balaban J connectivity index is 1.92. The van der Waals surface area contributed by atoms with Crippen LogP contribution in [0.4, 0.5) is 0 Å². The average Bonchev–Trinajstić information content (AvgIpc) is 3.11. The molecule has 3 rings (SSSR count). The van der Waals surface area contributed by atoms with Crippen LogP contribution >= 0.6 is 0 Å². The highest BCUT2D eigenvalue weighted by molar-refractivity contribution is 6.95. The predicted molar refractivity (Wildman–Crippen MR) is 108 cm³/mol. The molecule has 0 radical (unpaired) electrons. The normalized spacial score (nSPS) is 21.2. The van der Waals surface area contributed by atoms with Gasteiger partial charge in [0.05, 0.1) is 0 Å². The molecule has 0 aromatic heterocycles. The van der Waals surface area contributed by atoms with Crippen LogP contribution in [0.15, 0.2) is 53.3 Å². The molecule has 1 aromatic carbocycles. The molecule has 1 unspecified atom stereocenters. The topological polar surface area (TPSA) is 12.0 Å². The van der Waals surface area contributed by atoms with Crippen molar-refractivity contribution >= 4 is 13.4 Å². The van der Waals surface area contributed by atoms with Crippen molar-refractivity contribution in [1.82, 2.24) is 4.98 Å². The lowest BCUT2D eigenvalue weighted by Crippen LogP contribution is -2.63. The second-order valence-electron chi connectivity index (χ2n) is 7.68. The van der Waals surface area contributed by atoms with Crippen molar-refractivity contribution in [2.24, 2.45) is 0 Å². The maximum atomic E-state index is 4.24. The third-order valence-corrected chi connectivity index (χ3v) is 10.1. The summed E-state index contributed by atoms with van der Waals surface area (Å²) in [6.07, 6.45) is 16.8. The fraction of sp³-hybridized carbons (Fsp3) is 0.545. The Morgan fingerprint density at radius 3 is 2.54 bits per heavy atom. The molecule has 0 bridgehead atoms. The van der Waals surface area contributed by atoms with Crippen molar-refractivity contribution in [2.75, 3.05) is 0 Å². The molecule has 0 heterocycles. The summed E-state index contributed by atoms with van der Waals surface area (Å²) in [5.41, 5.74) is 1.64. The Morgan fingerprint density at radius 2 is 1.83 bits per heavy atom. The van der Waals surface area contributed by atoms with E-state index >= 15 is 0 Å². The fourth-order valence-electron chi connectivity index (χ4n) is 4.45. The Labute approximate surface area is 149 Å². The second kappa shape index (κ2) is 8.31. The van der Waals surface area contributed by atoms with E-state index in [4.69, 9.17) is 0 Å². The molecule has 1 nitrogen and oxygen atoms in total. The maximum absolute atomic E-state index is 4.24. The Hall–Kier alpha value is -1.12. The number of allylic oxidation sites excluding steroid dienone is 4. The van der Waals surface area contributed by atoms with Gasteiger partial charge in [0.25, 0.3) is 0 Å². The van der Waals surface area contributed by atoms with Crippen molar-refractivity contribution in [3.63, 3.8) is 0 Å². The van der Waals surface area contributed by atoms with E-state index < -0.39 is 8.24 Å². The van der Waals surface area contributed by atoms with Crippen LogP contribution in [0.3, 0.4) is 0 Å². The molecule has 2 heteroatoms. The summed E-state index contributed by atoms with van der Waals surface area (Å²) < 4.78 is 0. The number of rotatable bonds is 7. The number of benzene rings is 1. The van der Waals surface area contributed by atoms with Gasteiger partial charge in [0, 0.05) is 6.04 Å². The molecular formula is C22H33NSi. The fourth-order valence-corrected chi connectivity index (χ4v) is 8.48. The van der Waals surface area contributed by atoms with E-state index in [9.17, 15) is 0 Å². The van der Waals surface area contributed by atoms with E-state index in [1.165, 1.54) is 51.4 Å². The highest BCUT2D eigenvalue weighted by Crippen LogP contribution is 2.31. The van der Waals surface area contributed by atoms with Gasteiger partial charge in [0.1, 0.15) is 0 Å². The molecule has 1 N–H and O–H groups in total. The van der Waals surface area contributed by atoms with Gasteiger partial charge in [-0.25, -0.2) is 0 Å². The quantitative estimate of drug-likeness (QED) is 0.658. The van der Waals surface area contributed by atoms with E-state index in [1.807, 2.05) is 0 Å². The first-order valence-corrected chi connectivity index (χ1v) is 12.5. The number of hydrogen-bond donors (Lipinski definition) is 1. The van der Waals surface area contributed by atoms with E-state index in [0.717, 1.165) is 12.5 Å². The zero-order chi connectivity index (χ0) is 16.8. The maximum Gasteiger partial charge on any atom is 0.183 e. The number of hydrogen-bond acceptors (Lipinski definition) is 1. The van der Waals surface area contributed by atoms with Crippen molar-refractivity contribution in [1.29, 1.82) is 0 Å². The molecule has 0 spiro atoms. The molecule has 2 aliphatic carbocycles. The summed E-state index contributed by atoms with van der Waals surface area (Å²) >= 11 is 0. The van der Waals surface area contributed by atoms with Gasteiger partial charge in [0.15, 0.2) is 8.24 Å². The minimum atomic E-state index is -1.83. The van der Waals surface area contributed by atoms with Crippen LogP contribution in [0.1, 0.15) is 64.7 Å². The zero-order valence-electron chi connectivity index (χ0n) is 15.5. The molecule has 130 valence electrons. The highest BCUT2D eigenvalue weighted by Gasteiger charge is 2.38. The van der Waals surface area contributed by atoms with Gasteiger partial charge in [-0.05, 0) is 43.8 Å². The predicted octanol–water partition coefficient (Wildman–Crippen LogP) is 5.38. The lowest BCUT2D eigenvalue weighted by molar-refractivity contribution is 0.415. The van der Waals surface area contributed by atoms with E-state index in [-0.39, 0.29) is 0 Å². The minimum Gasteiger partial charge on any atom is -0.328 e. The van der Waals surface area contributed by atoms with Crippen LogP contribution in [-0.4, -0.2) is 14.3 Å². The van der Waals surface area contributed by atoms with Crippen LogP contribution in [0.25, 0.3) is 0 Å². The van der Waals surface area contributed by atoms with Crippen molar-refractivity contribution in [3.05, 3.63) is 53.3 Å². The van der Waals surface area contributed by atoms with Gasteiger partial charge in [-0.2, -0.15) is 0 Å². The summed E-state index contributed by atoms with van der Waals surface area (Å²) in [6.45, 7) is 4.86. The van der Waals surface area contributed by atoms with Crippen LogP contribution in [0.5, 0.6) is 0 Å². The van der Waals surface area contributed by atoms with Gasteiger partial charge in [-0.1, -0.05) is 85.9 Å². The van der Waals surface area contributed by atoms with Gasteiger partial charge in [0.2, 0.25) is 0 Å². The molecule has 1 fully saturated rings. The summed E-state index contributed by atoms with van der Waals surface area (Å²) in [6, 6.07) is 12.0. The minimum absolute atomic E-state index is 0.719. The van der Waals surface area contributed by atoms with Crippen molar-refractivity contribution < 1.29 is 0 Å². The number of unbranched alkanes of at least 4 members (excludes halogenated alkanes) is 1. The molecule has 24 heavy (non-hydrogen) atoms. The van der Waals surface area contributed by atoms with Crippen molar-refractivity contribution in [3.8, 4) is 0 Å². The van der Waals surface area contributed by atoms with Crippen LogP contribution in [0, 0.1) is 0 Å². The summed E-state index contributed by atoms with van der Waals surface area (Å²) in [5.74, 6) is 0. The summed E-state index contributed by atoms with van der Waals surface area (Å²) in [4.78, 5) is 4.24. The molecule has 2 aliphatic rings. The second-order valence-corrected chi connectivity index (χ2v) is 11.4. The zero-order valence-corrected chi connectivity index (χ0v) is 16.5. The largest absolute Gasteiger partial charge is 0.328 e. The van der Waals surface area contributed by atoms with Crippen molar-refractivity contribution in [2.45, 2.75) is 77.3 Å². The summed E-state index contributed by atoms with van der Waals surface area (Å²) in [5, 5.41) is 3.30. The smallest absolute Gasteiger partial charge is 0.183 e. The first kappa shape index (κ1) is 17.7. The molecule has 1 aromatic rings. The standard InChI is InChI=1S/C22H33NSi/c1-3-4-12-19-13-11-18-22(19)24(2,21-16-9-6-10-17-21)23-20-14-7-5-8-15-20/h6,9-11,13,16-17,20,23H,3-5,7-8,12,14-15,18H2,1-2H3. The SMILES string of the molecule is CCCCC1=C([Si](C)(NC2CCCCC2)c2ccccc2)CC=C1. The van der Waals surface area contributed by atoms with Gasteiger partial charge in [-0.3, -0.25) is 0 Å². The first-order valence-electron chi connectivity index (χ1n) is 9.96. The van der Waals surface area contributed by atoms with Crippen LogP contribution in [0.2, 0.25) is 6.55 Å². The highest BCUT2D eigenvalue weighted by atomic mass is 28.3. The third kappa shape index (κ3) is 3.92. The van der Waals surface area contributed by atoms with E-state index in [1.54, 1.807) is 16.0 Å². The average molecular weight is 340 g/mol. The van der Waals surface area contributed by atoms with Crippen LogP contribution in [-0.2, 0) is 0 Å². The van der Waals surface area contributed by atoms with Gasteiger partial charge >= 0.3 is 0 Å². The van der Waals surface area contributed by atoms with Crippen LogP contribution < -0.4 is 10.2 Å². The first-order chi connectivity index (χ1) is 11.7. The Morgan fingerprint density at radius 1 is 1.08 bits per heavy atom. The summed E-state index contributed by atoms with van der Waals surface area (Å²) in [7, 11) is -1.83. The Bertz CT molecular complexity index is 583. The van der Waals surface area contributed by atoms with Gasteiger partial charge < -0.3 is 4.98 Å². The monoisotopic (exact) mass is 339 g/mol. The molecule has 0 aliphatic heterocycles. The molecule has 0 saturated heterocycles. The van der Waals surface area contributed by atoms with E-state index in [2.05, 4.69) is 60.9 Å².